The summed E-state index contributed by atoms with van der Waals surface area (Å²) in [5.74, 6) is 5.17. The quantitative estimate of drug-likeness (QED) is 0.716. The van der Waals surface area contributed by atoms with Crippen LogP contribution in [0.3, 0.4) is 0 Å². The molecule has 3 heteroatoms. The zero-order valence-electron chi connectivity index (χ0n) is 17.7. The summed E-state index contributed by atoms with van der Waals surface area (Å²) < 4.78 is 11.6. The lowest BCUT2D eigenvalue weighted by Crippen LogP contribution is -2.52. The number of epoxide rings is 1. The average molecular weight is 377 g/mol. The normalized spacial score (nSPS) is 56.9. The molecule has 154 valence electrons. The molecule has 0 amide bonds. The van der Waals surface area contributed by atoms with Crippen LogP contribution in [0.25, 0.3) is 0 Å². The monoisotopic (exact) mass is 376 g/mol. The van der Waals surface area contributed by atoms with Gasteiger partial charge in [0.2, 0.25) is 0 Å². The van der Waals surface area contributed by atoms with Crippen LogP contribution in [0.1, 0.15) is 78.6 Å². The molecule has 9 atom stereocenters. The third-order valence-electron chi connectivity index (χ3n) is 10.0. The zero-order valence-corrected chi connectivity index (χ0v) is 17.7. The molecule has 0 aromatic heterocycles. The van der Waals surface area contributed by atoms with Gasteiger partial charge in [-0.1, -0.05) is 6.92 Å². The Hall–Kier alpha value is -0.120. The molecule has 3 nitrogen and oxygen atoms in total. The van der Waals surface area contributed by atoms with Crippen LogP contribution in [0.2, 0.25) is 0 Å². The van der Waals surface area contributed by atoms with Gasteiger partial charge in [-0.25, -0.2) is 0 Å². The Morgan fingerprint density at radius 1 is 0.963 bits per heavy atom. The molecule has 5 rings (SSSR count). The first-order chi connectivity index (χ1) is 12.9. The van der Waals surface area contributed by atoms with Crippen LogP contribution in [0.5, 0.6) is 0 Å². The summed E-state index contributed by atoms with van der Waals surface area (Å²) in [6, 6.07) is 0. The Labute approximate surface area is 165 Å². The summed E-state index contributed by atoms with van der Waals surface area (Å²) >= 11 is 0. The van der Waals surface area contributed by atoms with E-state index < -0.39 is 5.60 Å². The second kappa shape index (κ2) is 6.44. The van der Waals surface area contributed by atoms with Crippen molar-refractivity contribution >= 4 is 0 Å². The average Bonchev–Trinajstić information content (AvgIpc) is 3.28. The largest absolute Gasteiger partial charge is 0.387 e. The van der Waals surface area contributed by atoms with E-state index in [0.29, 0.717) is 18.6 Å². The highest BCUT2D eigenvalue weighted by atomic mass is 16.6. The van der Waals surface area contributed by atoms with Gasteiger partial charge in [0.25, 0.3) is 0 Å². The van der Waals surface area contributed by atoms with E-state index in [2.05, 4.69) is 13.8 Å². The van der Waals surface area contributed by atoms with Crippen LogP contribution in [0.15, 0.2) is 0 Å². The minimum absolute atomic E-state index is 0.203. The topological polar surface area (TPSA) is 42.0 Å². The van der Waals surface area contributed by atoms with E-state index >= 15 is 0 Å². The predicted molar refractivity (Wildman–Crippen MR) is 106 cm³/mol. The van der Waals surface area contributed by atoms with Crippen molar-refractivity contribution in [3.8, 4) is 0 Å². The van der Waals surface area contributed by atoms with Crippen LogP contribution < -0.4 is 0 Å². The van der Waals surface area contributed by atoms with Gasteiger partial charge >= 0.3 is 0 Å². The Kier molecular flexibility index (Phi) is 4.50. The van der Waals surface area contributed by atoms with Gasteiger partial charge in [-0.05, 0) is 113 Å². The summed E-state index contributed by atoms with van der Waals surface area (Å²) in [6.07, 6.45) is 11.6. The van der Waals surface area contributed by atoms with Gasteiger partial charge in [0.15, 0.2) is 0 Å². The molecule has 5 fully saturated rings. The molecule has 1 unspecified atom stereocenters. The fourth-order valence-electron chi connectivity index (χ4n) is 8.70. The van der Waals surface area contributed by atoms with Crippen LogP contribution in [-0.4, -0.2) is 36.1 Å². The van der Waals surface area contributed by atoms with Gasteiger partial charge < -0.3 is 14.6 Å². The van der Waals surface area contributed by atoms with E-state index in [0.717, 1.165) is 55.0 Å². The molecular weight excluding hydrogens is 336 g/mol. The molecular formula is C24H40O3. The number of rotatable bonds is 4. The molecule has 1 saturated heterocycles. The highest BCUT2D eigenvalue weighted by molar-refractivity contribution is 5.12. The minimum atomic E-state index is -0.552. The second-order valence-corrected chi connectivity index (χ2v) is 11.3. The predicted octanol–water partition coefficient (Wildman–Crippen LogP) is 4.81. The Morgan fingerprint density at radius 3 is 2.48 bits per heavy atom. The molecule has 27 heavy (non-hydrogen) atoms. The van der Waals surface area contributed by atoms with Crippen molar-refractivity contribution in [1.29, 1.82) is 0 Å². The van der Waals surface area contributed by atoms with Gasteiger partial charge in [-0.2, -0.15) is 0 Å². The Balaban J connectivity index is 1.30. The number of aliphatic hydroxyl groups is 1. The fraction of sp³-hybridized carbons (Fsp3) is 1.00. The number of hydrogen-bond donors (Lipinski definition) is 1. The van der Waals surface area contributed by atoms with Crippen molar-refractivity contribution in [3.05, 3.63) is 0 Å². The van der Waals surface area contributed by atoms with E-state index in [4.69, 9.17) is 9.47 Å². The van der Waals surface area contributed by atoms with Crippen LogP contribution in [0.4, 0.5) is 0 Å². The van der Waals surface area contributed by atoms with Crippen LogP contribution in [-0.2, 0) is 9.47 Å². The Bertz CT molecular complexity index is 572. The third kappa shape index (κ3) is 2.94. The fourth-order valence-corrected chi connectivity index (χ4v) is 8.70. The van der Waals surface area contributed by atoms with Gasteiger partial charge in [0.05, 0.1) is 24.4 Å². The van der Waals surface area contributed by atoms with E-state index in [9.17, 15) is 5.11 Å². The minimum Gasteiger partial charge on any atom is -0.387 e. The number of fused-ring (bicyclic) bond motifs is 5. The van der Waals surface area contributed by atoms with E-state index in [1.165, 1.54) is 44.9 Å². The molecule has 0 aromatic rings. The van der Waals surface area contributed by atoms with Crippen molar-refractivity contribution in [2.45, 2.75) is 89.8 Å². The summed E-state index contributed by atoms with van der Waals surface area (Å²) in [7, 11) is 0. The molecule has 4 saturated carbocycles. The Morgan fingerprint density at radius 2 is 1.74 bits per heavy atom. The number of hydrogen-bond acceptors (Lipinski definition) is 3. The van der Waals surface area contributed by atoms with E-state index in [-0.39, 0.29) is 5.60 Å². The maximum absolute atomic E-state index is 11.0. The van der Waals surface area contributed by atoms with Crippen molar-refractivity contribution in [2.24, 2.45) is 40.9 Å². The molecule has 1 aliphatic heterocycles. The highest BCUT2D eigenvalue weighted by Gasteiger charge is 2.63. The van der Waals surface area contributed by atoms with Gasteiger partial charge in [-0.3, -0.25) is 0 Å². The van der Waals surface area contributed by atoms with Crippen molar-refractivity contribution < 1.29 is 14.6 Å². The van der Waals surface area contributed by atoms with Crippen molar-refractivity contribution in [1.82, 2.24) is 0 Å². The van der Waals surface area contributed by atoms with Crippen LogP contribution >= 0.6 is 0 Å². The van der Waals surface area contributed by atoms with Gasteiger partial charge in [0, 0.05) is 6.61 Å². The maximum atomic E-state index is 11.0. The molecule has 5 aliphatic rings. The first-order valence-electron chi connectivity index (χ1n) is 11.8. The summed E-state index contributed by atoms with van der Waals surface area (Å²) in [5.41, 5.74) is 0.168. The lowest BCUT2D eigenvalue weighted by atomic mass is 9.48. The molecule has 0 radical (unpaired) electrons. The van der Waals surface area contributed by atoms with Gasteiger partial charge in [0.1, 0.15) is 0 Å². The molecule has 0 bridgehead atoms. The third-order valence-corrected chi connectivity index (χ3v) is 10.0. The summed E-state index contributed by atoms with van der Waals surface area (Å²) in [4.78, 5) is 0. The maximum Gasteiger partial charge on any atom is 0.0921 e. The van der Waals surface area contributed by atoms with Crippen molar-refractivity contribution in [2.75, 3.05) is 19.8 Å². The molecule has 1 heterocycles. The SMILES string of the molecule is CCOC[C@@]1(O)CC[C@H]2[C@H](CC[C@@H]3[C@@H]2CC[C@]2(C)[C@@H](C4(C)CO4)CC[C@@H]32)C1. The summed E-state index contributed by atoms with van der Waals surface area (Å²) in [6.45, 7) is 9.27. The highest BCUT2D eigenvalue weighted by Crippen LogP contribution is 2.67. The molecule has 0 aromatic carbocycles. The summed E-state index contributed by atoms with van der Waals surface area (Å²) in [5, 5.41) is 11.0. The van der Waals surface area contributed by atoms with Crippen molar-refractivity contribution in [3.63, 3.8) is 0 Å². The molecule has 4 aliphatic carbocycles. The first-order valence-corrected chi connectivity index (χ1v) is 11.8. The second-order valence-electron chi connectivity index (χ2n) is 11.3. The lowest BCUT2D eigenvalue weighted by Gasteiger charge is -2.57. The zero-order chi connectivity index (χ0) is 18.9. The lowest BCUT2D eigenvalue weighted by molar-refractivity contribution is -0.129. The smallest absolute Gasteiger partial charge is 0.0921 e. The standard InChI is InChI=1S/C24H40O3/c1-4-26-15-24(25)12-10-17-16(13-24)5-6-19-18(17)9-11-22(2)20(19)7-8-21(22)23(3)14-27-23/h16-21,25H,4-15H2,1-3H3/t16-,17+,18-,19-,20+,21+,22+,23?,24-/m1/s1. The molecule has 1 N–H and O–H groups in total. The van der Waals surface area contributed by atoms with Crippen LogP contribution in [0, 0.1) is 40.9 Å². The van der Waals surface area contributed by atoms with E-state index in [1.54, 1.807) is 0 Å². The number of ether oxygens (including phenoxy) is 2. The first kappa shape index (κ1) is 18.9. The molecule has 0 spiro atoms. The van der Waals surface area contributed by atoms with E-state index in [1.807, 2.05) is 6.92 Å². The van der Waals surface area contributed by atoms with Gasteiger partial charge in [-0.15, -0.1) is 0 Å².